The molecule has 0 aromatic heterocycles. The van der Waals surface area contributed by atoms with Gasteiger partial charge in [-0.05, 0) is 12.5 Å². The molecule has 0 aromatic carbocycles. The summed E-state index contributed by atoms with van der Waals surface area (Å²) in [6.07, 6.45) is 5.07. The number of hydrogen-bond donors (Lipinski definition) is 0. The predicted molar refractivity (Wildman–Crippen MR) is 64.1 cm³/mol. The fraction of sp³-hybridized carbons (Fsp3) is 0.600. The molecule has 0 saturated carbocycles. The van der Waals surface area contributed by atoms with Gasteiger partial charge in [0.05, 0.1) is 22.9 Å². The van der Waals surface area contributed by atoms with E-state index in [1.807, 2.05) is 6.08 Å². The molecular formula is C10H18IN. The molecule has 1 nitrogen and oxygen atoms in total. The summed E-state index contributed by atoms with van der Waals surface area (Å²) >= 11 is 2.29. The molecular weight excluding hydrogens is 261 g/mol. The maximum absolute atomic E-state index is 3.72. The van der Waals surface area contributed by atoms with Crippen molar-refractivity contribution in [2.45, 2.75) is 27.2 Å². The van der Waals surface area contributed by atoms with Gasteiger partial charge >= 0.3 is 0 Å². The van der Waals surface area contributed by atoms with E-state index in [0.717, 1.165) is 6.42 Å². The van der Waals surface area contributed by atoms with Crippen LogP contribution in [0.2, 0.25) is 0 Å². The van der Waals surface area contributed by atoms with Gasteiger partial charge in [0.1, 0.15) is 0 Å². The lowest BCUT2D eigenvalue weighted by molar-refractivity contribution is 0.375. The standard InChI is InChI=1S/C10H18IN/c1-6-8-9(12(5)11)10(3,4)7-2/h6,8H,1,7H2,2-5H3/b9-8+. The lowest BCUT2D eigenvalue weighted by Gasteiger charge is -2.30. The Balaban J connectivity index is 4.74. The molecule has 0 rings (SSSR count). The Hall–Kier alpha value is 0.0100. The van der Waals surface area contributed by atoms with E-state index in [1.165, 1.54) is 5.70 Å². The molecule has 0 aliphatic rings. The lowest BCUT2D eigenvalue weighted by atomic mass is 9.86. The van der Waals surface area contributed by atoms with Crippen molar-refractivity contribution in [3.63, 3.8) is 0 Å². The fourth-order valence-corrected chi connectivity index (χ4v) is 1.85. The Bertz CT molecular complexity index is 180. The number of nitrogens with zero attached hydrogens (tertiary/aromatic N) is 1. The second-order valence-corrected chi connectivity index (χ2v) is 4.95. The molecule has 0 unspecified atom stereocenters. The molecule has 0 aliphatic carbocycles. The summed E-state index contributed by atoms with van der Waals surface area (Å²) in [7, 11) is 2.06. The minimum absolute atomic E-state index is 0.240. The summed E-state index contributed by atoms with van der Waals surface area (Å²) in [5.74, 6) is 0. The highest BCUT2D eigenvalue weighted by molar-refractivity contribution is 14.1. The van der Waals surface area contributed by atoms with Crippen molar-refractivity contribution < 1.29 is 0 Å². The molecule has 2 heteroatoms. The van der Waals surface area contributed by atoms with Crippen LogP contribution >= 0.6 is 22.9 Å². The van der Waals surface area contributed by atoms with Crippen LogP contribution in [0.5, 0.6) is 0 Å². The number of hydrogen-bond acceptors (Lipinski definition) is 1. The third kappa shape index (κ3) is 3.17. The van der Waals surface area contributed by atoms with Gasteiger partial charge in [0.2, 0.25) is 0 Å². The molecule has 0 spiro atoms. The van der Waals surface area contributed by atoms with E-state index in [-0.39, 0.29) is 5.41 Å². The van der Waals surface area contributed by atoms with Gasteiger partial charge in [0.15, 0.2) is 0 Å². The SMILES string of the molecule is C=C/C=C(/N(C)I)C(C)(C)CC. The first-order valence-electron chi connectivity index (χ1n) is 4.18. The minimum Gasteiger partial charge on any atom is -0.321 e. The van der Waals surface area contributed by atoms with Gasteiger partial charge in [-0.2, -0.15) is 0 Å². The molecule has 0 amide bonds. The molecule has 0 bridgehead atoms. The Morgan fingerprint density at radius 2 is 2.08 bits per heavy atom. The van der Waals surface area contributed by atoms with Crippen LogP contribution in [0.4, 0.5) is 0 Å². The van der Waals surface area contributed by atoms with Crippen LogP contribution < -0.4 is 0 Å². The van der Waals surface area contributed by atoms with E-state index < -0.39 is 0 Å². The zero-order valence-electron chi connectivity index (χ0n) is 8.39. The molecule has 0 saturated heterocycles. The summed E-state index contributed by atoms with van der Waals surface area (Å²) < 4.78 is 2.13. The molecule has 0 heterocycles. The topological polar surface area (TPSA) is 3.24 Å². The lowest BCUT2D eigenvalue weighted by Crippen LogP contribution is -2.21. The van der Waals surface area contributed by atoms with Crippen LogP contribution in [-0.4, -0.2) is 10.2 Å². The Kier molecular flexibility index (Phi) is 4.90. The number of rotatable bonds is 4. The molecule has 12 heavy (non-hydrogen) atoms. The van der Waals surface area contributed by atoms with E-state index in [2.05, 4.69) is 66.5 Å². The van der Waals surface area contributed by atoms with Gasteiger partial charge in [0, 0.05) is 18.2 Å². The minimum atomic E-state index is 0.240. The van der Waals surface area contributed by atoms with Crippen LogP contribution in [0, 0.1) is 5.41 Å². The molecule has 70 valence electrons. The maximum Gasteiger partial charge on any atom is 0.0585 e. The van der Waals surface area contributed by atoms with Crippen molar-refractivity contribution in [3.05, 3.63) is 24.4 Å². The molecule has 0 N–H and O–H groups in total. The fourth-order valence-electron chi connectivity index (χ4n) is 1.04. The highest BCUT2D eigenvalue weighted by atomic mass is 127. The molecule has 0 radical (unpaired) electrons. The van der Waals surface area contributed by atoms with E-state index in [1.54, 1.807) is 0 Å². The second kappa shape index (κ2) is 4.90. The third-order valence-corrected chi connectivity index (χ3v) is 2.70. The van der Waals surface area contributed by atoms with Crippen molar-refractivity contribution in [1.82, 2.24) is 3.11 Å². The van der Waals surface area contributed by atoms with Crippen LogP contribution in [0.25, 0.3) is 0 Å². The summed E-state index contributed by atoms with van der Waals surface area (Å²) in [6, 6.07) is 0. The molecule has 0 aliphatic heterocycles. The smallest absolute Gasteiger partial charge is 0.0585 e. The average molecular weight is 279 g/mol. The van der Waals surface area contributed by atoms with Crippen LogP contribution in [0.15, 0.2) is 24.4 Å². The Labute approximate surface area is 90.0 Å². The first-order valence-corrected chi connectivity index (χ1v) is 5.15. The highest BCUT2D eigenvalue weighted by Crippen LogP contribution is 2.33. The Morgan fingerprint density at radius 3 is 2.33 bits per heavy atom. The molecule has 0 fully saturated rings. The zero-order chi connectivity index (χ0) is 9.78. The van der Waals surface area contributed by atoms with E-state index in [9.17, 15) is 0 Å². The monoisotopic (exact) mass is 279 g/mol. The van der Waals surface area contributed by atoms with Gasteiger partial charge in [-0.15, -0.1) is 0 Å². The Morgan fingerprint density at radius 1 is 1.58 bits per heavy atom. The molecule has 0 atom stereocenters. The van der Waals surface area contributed by atoms with Crippen LogP contribution in [-0.2, 0) is 0 Å². The second-order valence-electron chi connectivity index (χ2n) is 3.50. The van der Waals surface area contributed by atoms with E-state index in [0.29, 0.717) is 0 Å². The summed E-state index contributed by atoms with van der Waals surface area (Å²) in [5.41, 5.74) is 1.56. The van der Waals surface area contributed by atoms with Gasteiger partial charge in [-0.25, -0.2) is 0 Å². The highest BCUT2D eigenvalue weighted by Gasteiger charge is 2.22. The summed E-state index contributed by atoms with van der Waals surface area (Å²) in [6.45, 7) is 10.4. The first kappa shape index (κ1) is 12.0. The van der Waals surface area contributed by atoms with Crippen molar-refractivity contribution in [1.29, 1.82) is 0 Å². The van der Waals surface area contributed by atoms with Gasteiger partial charge in [0.25, 0.3) is 0 Å². The normalized spacial score (nSPS) is 12.9. The van der Waals surface area contributed by atoms with Crippen LogP contribution in [0.3, 0.4) is 0 Å². The number of allylic oxidation sites excluding steroid dienone is 3. The zero-order valence-corrected chi connectivity index (χ0v) is 10.6. The maximum atomic E-state index is 3.72. The largest absolute Gasteiger partial charge is 0.321 e. The number of halogens is 1. The van der Waals surface area contributed by atoms with Gasteiger partial charge in [-0.1, -0.05) is 33.4 Å². The van der Waals surface area contributed by atoms with Gasteiger partial charge in [-0.3, -0.25) is 0 Å². The predicted octanol–water partition coefficient (Wildman–Crippen LogP) is 3.77. The molecule has 0 aromatic rings. The van der Waals surface area contributed by atoms with Crippen molar-refractivity contribution in [2.75, 3.05) is 7.05 Å². The first-order chi connectivity index (χ1) is 5.45. The quantitative estimate of drug-likeness (QED) is 0.430. The van der Waals surface area contributed by atoms with Crippen molar-refractivity contribution in [2.24, 2.45) is 5.41 Å². The van der Waals surface area contributed by atoms with Crippen molar-refractivity contribution in [3.8, 4) is 0 Å². The van der Waals surface area contributed by atoms with Crippen molar-refractivity contribution >= 4 is 22.9 Å². The summed E-state index contributed by atoms with van der Waals surface area (Å²) in [5, 5.41) is 0. The van der Waals surface area contributed by atoms with Gasteiger partial charge < -0.3 is 3.11 Å². The third-order valence-electron chi connectivity index (χ3n) is 2.18. The van der Waals surface area contributed by atoms with E-state index >= 15 is 0 Å². The van der Waals surface area contributed by atoms with E-state index in [4.69, 9.17) is 0 Å². The summed E-state index contributed by atoms with van der Waals surface area (Å²) in [4.78, 5) is 0. The average Bonchev–Trinajstić information content (AvgIpc) is 1.99. The van der Waals surface area contributed by atoms with Crippen LogP contribution in [0.1, 0.15) is 27.2 Å².